The summed E-state index contributed by atoms with van der Waals surface area (Å²) in [5.41, 5.74) is 0. The van der Waals surface area contributed by atoms with Gasteiger partial charge in [-0.25, -0.2) is 8.42 Å². The Hall–Kier alpha value is -1.81. The van der Waals surface area contributed by atoms with Gasteiger partial charge in [-0.05, 0) is 31.4 Å². The zero-order chi connectivity index (χ0) is 17.9. The van der Waals surface area contributed by atoms with E-state index in [9.17, 15) is 13.2 Å². The molecule has 3 rings (SSSR count). The van der Waals surface area contributed by atoms with Crippen molar-refractivity contribution in [2.75, 3.05) is 17.3 Å². The summed E-state index contributed by atoms with van der Waals surface area (Å²) in [4.78, 5) is 11.9. The van der Waals surface area contributed by atoms with E-state index in [0.29, 0.717) is 29.7 Å². The normalized spacial score (nSPS) is 20.4. The maximum atomic E-state index is 11.9. The van der Waals surface area contributed by atoms with Gasteiger partial charge in [-0.3, -0.25) is 4.79 Å². The van der Waals surface area contributed by atoms with Gasteiger partial charge < -0.3 is 14.2 Å². The lowest BCUT2D eigenvalue weighted by molar-refractivity contribution is -0.119. The lowest BCUT2D eigenvalue weighted by atomic mass is 10.1. The van der Waals surface area contributed by atoms with Gasteiger partial charge in [0.2, 0.25) is 11.8 Å². The van der Waals surface area contributed by atoms with Gasteiger partial charge in [0, 0.05) is 6.42 Å². The molecule has 1 N–H and O–H groups in total. The molecule has 0 saturated carbocycles. The maximum Gasteiger partial charge on any atom is 0.277 e. The van der Waals surface area contributed by atoms with Crippen molar-refractivity contribution in [2.45, 2.75) is 31.0 Å². The molecule has 0 unspecified atom stereocenters. The van der Waals surface area contributed by atoms with E-state index in [1.807, 2.05) is 6.92 Å². The van der Waals surface area contributed by atoms with E-state index in [-0.39, 0.29) is 35.1 Å². The third-order valence-electron chi connectivity index (χ3n) is 3.91. The molecule has 8 nitrogen and oxygen atoms in total. The molecular weight excluding hydrogens is 366 g/mol. The fourth-order valence-corrected chi connectivity index (χ4v) is 5.13. The van der Waals surface area contributed by atoms with Crippen molar-refractivity contribution < 1.29 is 22.0 Å². The van der Waals surface area contributed by atoms with Crippen LogP contribution in [0.1, 0.15) is 31.0 Å². The Morgan fingerprint density at radius 3 is 3.00 bits per heavy atom. The highest BCUT2D eigenvalue weighted by molar-refractivity contribution is 7.99. The van der Waals surface area contributed by atoms with Crippen molar-refractivity contribution >= 4 is 27.5 Å². The molecule has 2 atom stereocenters. The highest BCUT2D eigenvalue weighted by Crippen LogP contribution is 2.24. The van der Waals surface area contributed by atoms with Crippen LogP contribution in [0.4, 0.5) is 0 Å². The first-order valence-corrected chi connectivity index (χ1v) is 10.7. The second-order valence-electron chi connectivity index (χ2n) is 6.03. The molecule has 0 spiro atoms. The summed E-state index contributed by atoms with van der Waals surface area (Å²) < 4.78 is 33.7. The number of sulfone groups is 1. The predicted octanol–water partition coefficient (Wildman–Crippen LogP) is 1.61. The summed E-state index contributed by atoms with van der Waals surface area (Å²) in [7, 11) is -2.92. The molecule has 0 aromatic carbocycles. The first-order valence-electron chi connectivity index (χ1n) is 7.89. The summed E-state index contributed by atoms with van der Waals surface area (Å²) in [6, 6.07) is 3.35. The van der Waals surface area contributed by atoms with Crippen LogP contribution in [-0.4, -0.2) is 41.8 Å². The second kappa shape index (κ2) is 7.61. The van der Waals surface area contributed by atoms with Crippen LogP contribution >= 0.6 is 11.8 Å². The topological polar surface area (TPSA) is 115 Å². The summed E-state index contributed by atoms with van der Waals surface area (Å²) in [6.07, 6.45) is 2.64. The molecule has 1 aliphatic rings. The van der Waals surface area contributed by atoms with Gasteiger partial charge in [-0.1, -0.05) is 11.8 Å². The Labute approximate surface area is 149 Å². The zero-order valence-electron chi connectivity index (χ0n) is 13.7. The number of thioether (sulfide) groups is 1. The van der Waals surface area contributed by atoms with Crippen LogP contribution in [0.2, 0.25) is 0 Å². The molecule has 1 amide bonds. The molecule has 1 aliphatic heterocycles. The number of hydrogen-bond acceptors (Lipinski definition) is 8. The number of nitrogens with one attached hydrogen (secondary N) is 1. The molecule has 1 saturated heterocycles. The van der Waals surface area contributed by atoms with Gasteiger partial charge in [0.15, 0.2) is 9.84 Å². The van der Waals surface area contributed by atoms with Gasteiger partial charge >= 0.3 is 0 Å². The number of furan rings is 1. The van der Waals surface area contributed by atoms with Crippen LogP contribution < -0.4 is 5.32 Å². The molecule has 2 aromatic heterocycles. The van der Waals surface area contributed by atoms with Crippen LogP contribution in [0.25, 0.3) is 0 Å². The van der Waals surface area contributed by atoms with E-state index < -0.39 is 9.84 Å². The van der Waals surface area contributed by atoms with Crippen molar-refractivity contribution in [1.82, 2.24) is 15.5 Å². The highest BCUT2D eigenvalue weighted by atomic mass is 32.2. The Balaban J connectivity index is 1.44. The quantitative estimate of drug-likeness (QED) is 0.715. The van der Waals surface area contributed by atoms with Gasteiger partial charge in [-0.2, -0.15) is 0 Å². The van der Waals surface area contributed by atoms with Crippen molar-refractivity contribution in [2.24, 2.45) is 5.92 Å². The van der Waals surface area contributed by atoms with E-state index in [1.54, 1.807) is 18.4 Å². The minimum atomic E-state index is -2.92. The molecule has 136 valence electrons. The van der Waals surface area contributed by atoms with Crippen molar-refractivity contribution in [3.63, 3.8) is 0 Å². The fourth-order valence-electron chi connectivity index (χ4n) is 2.68. The Morgan fingerprint density at radius 1 is 1.48 bits per heavy atom. The number of rotatable bonds is 7. The smallest absolute Gasteiger partial charge is 0.277 e. The number of carbonyl (C=O) groups excluding carboxylic acids is 1. The summed E-state index contributed by atoms with van der Waals surface area (Å²) >= 11 is 1.15. The summed E-state index contributed by atoms with van der Waals surface area (Å²) in [5, 5.41) is 10.9. The predicted molar refractivity (Wildman–Crippen MR) is 90.8 cm³/mol. The monoisotopic (exact) mass is 385 g/mol. The molecule has 25 heavy (non-hydrogen) atoms. The number of hydrogen-bond donors (Lipinski definition) is 1. The zero-order valence-corrected chi connectivity index (χ0v) is 15.3. The van der Waals surface area contributed by atoms with E-state index in [1.165, 1.54) is 0 Å². The lowest BCUT2D eigenvalue weighted by Gasteiger charge is -2.10. The first kappa shape index (κ1) is 18.0. The molecule has 2 aromatic rings. The van der Waals surface area contributed by atoms with Crippen molar-refractivity contribution in [3.05, 3.63) is 30.0 Å². The van der Waals surface area contributed by atoms with E-state index in [2.05, 4.69) is 15.5 Å². The molecule has 0 aliphatic carbocycles. The molecule has 0 bridgehead atoms. The number of nitrogens with zero attached hydrogens (tertiary/aromatic N) is 2. The summed E-state index contributed by atoms with van der Waals surface area (Å²) in [6.45, 7) is 1.84. The fraction of sp³-hybridized carbons (Fsp3) is 0.533. The van der Waals surface area contributed by atoms with E-state index >= 15 is 0 Å². The number of aromatic nitrogens is 2. The lowest BCUT2D eigenvalue weighted by Crippen LogP contribution is -2.27. The summed E-state index contributed by atoms with van der Waals surface area (Å²) in [5.74, 6) is 1.49. The van der Waals surface area contributed by atoms with Crippen molar-refractivity contribution in [3.8, 4) is 0 Å². The average Bonchev–Trinajstić information content (AvgIpc) is 3.27. The standard InChI is InChI=1S/C15H19N3O5S2/c1-10(12-3-2-5-22-12)16-13(19)8-24-15-18-17-14(23-15)7-11-4-6-25(20,21)9-11/h2-3,5,10-11H,4,6-9H2,1H3,(H,16,19)/t10-,11+/m1/s1. The molecule has 1 fully saturated rings. The third kappa shape index (κ3) is 5.08. The van der Waals surface area contributed by atoms with Crippen LogP contribution in [0, 0.1) is 5.92 Å². The minimum Gasteiger partial charge on any atom is -0.467 e. The molecule has 10 heteroatoms. The maximum absolute atomic E-state index is 11.9. The van der Waals surface area contributed by atoms with Gasteiger partial charge in [0.1, 0.15) is 5.76 Å². The van der Waals surface area contributed by atoms with Crippen molar-refractivity contribution in [1.29, 1.82) is 0 Å². The Bertz CT molecular complexity index is 816. The van der Waals surface area contributed by atoms with Crippen LogP contribution in [-0.2, 0) is 21.1 Å². The average molecular weight is 385 g/mol. The second-order valence-corrected chi connectivity index (χ2v) is 9.18. The third-order valence-corrected chi connectivity index (χ3v) is 6.57. The van der Waals surface area contributed by atoms with Crippen LogP contribution in [0.15, 0.2) is 32.5 Å². The van der Waals surface area contributed by atoms with Crippen LogP contribution in [0.5, 0.6) is 0 Å². The highest BCUT2D eigenvalue weighted by Gasteiger charge is 2.29. The number of amides is 1. The molecule has 0 radical (unpaired) electrons. The van der Waals surface area contributed by atoms with Gasteiger partial charge in [0.25, 0.3) is 5.22 Å². The van der Waals surface area contributed by atoms with Gasteiger partial charge in [0.05, 0.1) is 29.6 Å². The van der Waals surface area contributed by atoms with Crippen LogP contribution in [0.3, 0.4) is 0 Å². The molecular formula is C15H19N3O5S2. The van der Waals surface area contributed by atoms with E-state index in [4.69, 9.17) is 8.83 Å². The Kier molecular flexibility index (Phi) is 5.48. The van der Waals surface area contributed by atoms with E-state index in [0.717, 1.165) is 11.8 Å². The first-order chi connectivity index (χ1) is 11.9. The number of carbonyl (C=O) groups is 1. The minimum absolute atomic E-state index is 0.0285. The molecule has 3 heterocycles. The SMILES string of the molecule is C[C@@H](NC(=O)CSc1nnc(C[C@@H]2CCS(=O)(=O)C2)o1)c1ccco1. The Morgan fingerprint density at radius 2 is 2.32 bits per heavy atom. The largest absolute Gasteiger partial charge is 0.467 e. The van der Waals surface area contributed by atoms with Gasteiger partial charge in [-0.15, -0.1) is 10.2 Å².